The fraction of sp³-hybridized carbons (Fsp3) is 0.357. The predicted octanol–water partition coefficient (Wildman–Crippen LogP) is 2.74. The first kappa shape index (κ1) is 13.8. The lowest BCUT2D eigenvalue weighted by Crippen LogP contribution is -2.03. The second kappa shape index (κ2) is 6.04. The van der Waals surface area contributed by atoms with Gasteiger partial charge in [0.05, 0.1) is 24.9 Å². The third-order valence-corrected chi connectivity index (χ3v) is 3.65. The SMILES string of the molecule is COc1ccc(CC(O)c2csc(C)n2)cc1OC. The predicted molar refractivity (Wildman–Crippen MR) is 75.1 cm³/mol. The van der Waals surface area contributed by atoms with Crippen LogP contribution in [-0.4, -0.2) is 24.3 Å². The number of aliphatic hydroxyl groups excluding tert-OH is 1. The second-order valence-electron chi connectivity index (χ2n) is 4.20. The number of benzene rings is 1. The number of thiazole rings is 1. The van der Waals surface area contributed by atoms with Crippen LogP contribution in [0.1, 0.15) is 22.4 Å². The Kier molecular flexibility index (Phi) is 4.39. The lowest BCUT2D eigenvalue weighted by atomic mass is 10.1. The molecule has 1 aromatic carbocycles. The monoisotopic (exact) mass is 279 g/mol. The number of rotatable bonds is 5. The van der Waals surface area contributed by atoms with Gasteiger partial charge in [0.2, 0.25) is 0 Å². The van der Waals surface area contributed by atoms with Gasteiger partial charge in [-0.15, -0.1) is 11.3 Å². The third-order valence-electron chi connectivity index (χ3n) is 2.86. The van der Waals surface area contributed by atoms with Crippen LogP contribution in [0.4, 0.5) is 0 Å². The molecule has 0 radical (unpaired) electrons. The molecule has 0 amide bonds. The molecule has 0 spiro atoms. The van der Waals surface area contributed by atoms with Crippen molar-refractivity contribution in [3.8, 4) is 11.5 Å². The summed E-state index contributed by atoms with van der Waals surface area (Å²) < 4.78 is 10.4. The van der Waals surface area contributed by atoms with E-state index in [2.05, 4.69) is 4.98 Å². The molecule has 1 heterocycles. The summed E-state index contributed by atoms with van der Waals surface area (Å²) in [6, 6.07) is 5.64. The van der Waals surface area contributed by atoms with Gasteiger partial charge < -0.3 is 14.6 Å². The Hall–Kier alpha value is -1.59. The molecule has 0 aliphatic carbocycles. The quantitative estimate of drug-likeness (QED) is 0.914. The van der Waals surface area contributed by atoms with E-state index >= 15 is 0 Å². The lowest BCUT2D eigenvalue weighted by molar-refractivity contribution is 0.174. The van der Waals surface area contributed by atoms with Crippen molar-refractivity contribution in [2.45, 2.75) is 19.4 Å². The van der Waals surface area contributed by atoms with E-state index in [4.69, 9.17) is 9.47 Å². The summed E-state index contributed by atoms with van der Waals surface area (Å²) in [5, 5.41) is 13.0. The lowest BCUT2D eigenvalue weighted by Gasteiger charge is -2.11. The summed E-state index contributed by atoms with van der Waals surface area (Å²) in [4.78, 5) is 4.30. The van der Waals surface area contributed by atoms with E-state index in [0.717, 1.165) is 16.3 Å². The van der Waals surface area contributed by atoms with E-state index in [-0.39, 0.29) is 0 Å². The fourth-order valence-electron chi connectivity index (χ4n) is 1.87. The number of hydrogen-bond acceptors (Lipinski definition) is 5. The minimum Gasteiger partial charge on any atom is -0.493 e. The van der Waals surface area contributed by atoms with E-state index in [9.17, 15) is 5.11 Å². The Morgan fingerprint density at radius 2 is 2.00 bits per heavy atom. The van der Waals surface area contributed by atoms with E-state index in [1.165, 1.54) is 0 Å². The molecule has 2 aromatic rings. The van der Waals surface area contributed by atoms with Crippen LogP contribution in [0, 0.1) is 6.92 Å². The molecular weight excluding hydrogens is 262 g/mol. The molecule has 1 N–H and O–H groups in total. The van der Waals surface area contributed by atoms with Crippen molar-refractivity contribution in [1.82, 2.24) is 4.98 Å². The molecule has 0 saturated carbocycles. The van der Waals surface area contributed by atoms with Crippen molar-refractivity contribution in [1.29, 1.82) is 0 Å². The first-order valence-corrected chi connectivity index (χ1v) is 6.83. The van der Waals surface area contributed by atoms with Gasteiger partial charge in [-0.1, -0.05) is 6.07 Å². The van der Waals surface area contributed by atoms with Gasteiger partial charge in [0.15, 0.2) is 11.5 Å². The standard InChI is InChI=1S/C14H17NO3S/c1-9-15-11(8-19-9)12(16)6-10-4-5-13(17-2)14(7-10)18-3/h4-5,7-8,12,16H,6H2,1-3H3. The molecule has 0 aliphatic heterocycles. The van der Waals surface area contributed by atoms with Crippen LogP contribution < -0.4 is 9.47 Å². The highest BCUT2D eigenvalue weighted by molar-refractivity contribution is 7.09. The first-order chi connectivity index (χ1) is 9.13. The number of hydrogen-bond donors (Lipinski definition) is 1. The topological polar surface area (TPSA) is 51.6 Å². The number of aryl methyl sites for hydroxylation is 1. The normalized spacial score (nSPS) is 12.2. The van der Waals surface area contributed by atoms with E-state index in [0.29, 0.717) is 17.9 Å². The van der Waals surface area contributed by atoms with Crippen LogP contribution >= 0.6 is 11.3 Å². The van der Waals surface area contributed by atoms with Gasteiger partial charge in [-0.05, 0) is 24.6 Å². The van der Waals surface area contributed by atoms with Gasteiger partial charge in [-0.3, -0.25) is 0 Å². The molecule has 0 bridgehead atoms. The van der Waals surface area contributed by atoms with Gasteiger partial charge in [-0.2, -0.15) is 0 Å². The van der Waals surface area contributed by atoms with Crippen LogP contribution in [-0.2, 0) is 6.42 Å². The van der Waals surface area contributed by atoms with Crippen LogP contribution in [0.2, 0.25) is 0 Å². The van der Waals surface area contributed by atoms with Crippen molar-refractivity contribution in [2.75, 3.05) is 14.2 Å². The van der Waals surface area contributed by atoms with Crippen LogP contribution in [0.3, 0.4) is 0 Å². The molecule has 1 atom stereocenters. The molecule has 102 valence electrons. The summed E-state index contributed by atoms with van der Waals surface area (Å²) in [6.07, 6.45) is -0.0909. The molecule has 1 unspecified atom stereocenters. The third kappa shape index (κ3) is 3.24. The van der Waals surface area contributed by atoms with Crippen LogP contribution in [0.5, 0.6) is 11.5 Å². The molecule has 19 heavy (non-hydrogen) atoms. The fourth-order valence-corrected chi connectivity index (χ4v) is 2.53. The highest BCUT2D eigenvalue weighted by atomic mass is 32.1. The van der Waals surface area contributed by atoms with Crippen molar-refractivity contribution < 1.29 is 14.6 Å². The van der Waals surface area contributed by atoms with Gasteiger partial charge >= 0.3 is 0 Å². The summed E-state index contributed by atoms with van der Waals surface area (Å²) in [5.74, 6) is 1.35. The zero-order valence-electron chi connectivity index (χ0n) is 11.2. The number of aromatic nitrogens is 1. The van der Waals surface area contributed by atoms with Crippen molar-refractivity contribution in [2.24, 2.45) is 0 Å². The Morgan fingerprint density at radius 3 is 2.58 bits per heavy atom. The number of aliphatic hydroxyl groups is 1. The number of nitrogens with zero attached hydrogens (tertiary/aromatic N) is 1. The average Bonchev–Trinajstić information content (AvgIpc) is 2.85. The van der Waals surface area contributed by atoms with Gasteiger partial charge in [0, 0.05) is 11.8 Å². The zero-order valence-corrected chi connectivity index (χ0v) is 12.0. The van der Waals surface area contributed by atoms with E-state index in [1.807, 2.05) is 30.5 Å². The Labute approximate surface area is 116 Å². The van der Waals surface area contributed by atoms with Crippen LogP contribution in [0.15, 0.2) is 23.6 Å². The second-order valence-corrected chi connectivity index (χ2v) is 5.26. The Balaban J connectivity index is 2.14. The molecule has 0 fully saturated rings. The average molecular weight is 279 g/mol. The van der Waals surface area contributed by atoms with Crippen molar-refractivity contribution in [3.05, 3.63) is 39.8 Å². The first-order valence-electron chi connectivity index (χ1n) is 5.95. The highest BCUT2D eigenvalue weighted by Gasteiger charge is 2.13. The van der Waals surface area contributed by atoms with Crippen LogP contribution in [0.25, 0.3) is 0 Å². The summed E-state index contributed by atoms with van der Waals surface area (Å²) in [5.41, 5.74) is 1.70. The largest absolute Gasteiger partial charge is 0.493 e. The smallest absolute Gasteiger partial charge is 0.160 e. The highest BCUT2D eigenvalue weighted by Crippen LogP contribution is 2.29. The van der Waals surface area contributed by atoms with E-state index in [1.54, 1.807) is 25.6 Å². The van der Waals surface area contributed by atoms with E-state index < -0.39 is 6.10 Å². The van der Waals surface area contributed by atoms with Gasteiger partial charge in [0.1, 0.15) is 6.10 Å². The molecule has 2 rings (SSSR count). The van der Waals surface area contributed by atoms with Crippen molar-refractivity contribution in [3.63, 3.8) is 0 Å². The molecule has 5 heteroatoms. The Bertz CT molecular complexity index is 553. The maximum Gasteiger partial charge on any atom is 0.160 e. The minimum absolute atomic E-state index is 0.503. The maximum atomic E-state index is 10.1. The molecule has 4 nitrogen and oxygen atoms in total. The molecule has 1 aromatic heterocycles. The molecule has 0 saturated heterocycles. The van der Waals surface area contributed by atoms with Crippen molar-refractivity contribution >= 4 is 11.3 Å². The zero-order chi connectivity index (χ0) is 13.8. The van der Waals surface area contributed by atoms with Gasteiger partial charge in [-0.25, -0.2) is 4.98 Å². The summed E-state index contributed by atoms with van der Waals surface area (Å²) >= 11 is 1.54. The summed E-state index contributed by atoms with van der Waals surface area (Å²) in [7, 11) is 3.20. The maximum absolute atomic E-state index is 10.1. The number of ether oxygens (including phenoxy) is 2. The molecule has 0 aliphatic rings. The molecular formula is C14H17NO3S. The summed E-state index contributed by atoms with van der Waals surface area (Å²) in [6.45, 7) is 1.93. The Morgan fingerprint density at radius 1 is 1.26 bits per heavy atom. The minimum atomic E-state index is -0.594. The van der Waals surface area contributed by atoms with Gasteiger partial charge in [0.25, 0.3) is 0 Å². The number of methoxy groups -OCH3 is 2.